The zero-order chi connectivity index (χ0) is 20.7. The molecule has 4 aromatic rings. The second kappa shape index (κ2) is 7.74. The molecule has 0 atom stereocenters. The minimum absolute atomic E-state index is 0.176. The van der Waals surface area contributed by atoms with E-state index < -0.39 is 5.56 Å². The van der Waals surface area contributed by atoms with E-state index >= 15 is 0 Å². The van der Waals surface area contributed by atoms with Crippen LogP contribution in [0, 0.1) is 5.82 Å². The number of halogens is 1. The second-order valence-corrected chi connectivity index (χ2v) is 8.69. The highest BCUT2D eigenvalue weighted by Gasteiger charge is 2.19. The second-order valence-electron chi connectivity index (χ2n) is 7.74. The summed E-state index contributed by atoms with van der Waals surface area (Å²) in [7, 11) is 0. The number of nitrogens with one attached hydrogen (secondary N) is 1. The predicted molar refractivity (Wildman–Crippen MR) is 120 cm³/mol. The summed E-state index contributed by atoms with van der Waals surface area (Å²) in [5.41, 5.74) is 2.42. The third-order valence-corrected chi connectivity index (χ3v) is 6.70. The predicted octanol–water partition coefficient (Wildman–Crippen LogP) is 3.95. The van der Waals surface area contributed by atoms with Crippen molar-refractivity contribution in [2.24, 2.45) is 0 Å². The van der Waals surface area contributed by atoms with Crippen molar-refractivity contribution in [3.8, 4) is 5.75 Å². The fourth-order valence-corrected chi connectivity index (χ4v) is 5.00. The van der Waals surface area contributed by atoms with Gasteiger partial charge in [-0.1, -0.05) is 12.1 Å². The summed E-state index contributed by atoms with van der Waals surface area (Å²) in [6.07, 6.45) is 0.883. The van der Waals surface area contributed by atoms with E-state index in [1.165, 1.54) is 6.07 Å². The van der Waals surface area contributed by atoms with Crippen molar-refractivity contribution in [1.29, 1.82) is 0 Å². The monoisotopic (exact) mass is 423 g/mol. The first-order chi connectivity index (χ1) is 14.6. The van der Waals surface area contributed by atoms with Crippen molar-refractivity contribution in [3.05, 3.63) is 69.6 Å². The first-order valence-electron chi connectivity index (χ1n) is 10.1. The standard InChI is InChI=1S/C23H22FN3O2S/c24-17-13-20(18-4-10-30-22(18)14-17)27-8-6-26(7-9-27)5-3-15-1-2-16-12-21(28)23(29)25-19(16)11-15/h1-2,4,10-14,28H,3,5-9H2,(H,25,29). The Labute approximate surface area is 177 Å². The molecule has 0 unspecified atom stereocenters. The van der Waals surface area contributed by atoms with Crippen molar-refractivity contribution < 1.29 is 9.50 Å². The number of aromatic nitrogens is 1. The number of hydrogen-bond donors (Lipinski definition) is 2. The molecule has 0 aliphatic carbocycles. The Kier molecular flexibility index (Phi) is 4.92. The van der Waals surface area contributed by atoms with E-state index in [4.69, 9.17) is 0 Å². The third-order valence-electron chi connectivity index (χ3n) is 5.84. The van der Waals surface area contributed by atoms with E-state index in [1.807, 2.05) is 23.6 Å². The molecule has 7 heteroatoms. The molecule has 1 aliphatic heterocycles. The van der Waals surface area contributed by atoms with Gasteiger partial charge in [-0.25, -0.2) is 4.39 Å². The highest BCUT2D eigenvalue weighted by molar-refractivity contribution is 7.17. The molecule has 0 saturated carbocycles. The Hall–Kier alpha value is -2.90. The number of anilines is 1. The molecule has 2 N–H and O–H groups in total. The van der Waals surface area contributed by atoms with E-state index in [0.29, 0.717) is 0 Å². The van der Waals surface area contributed by atoms with Crippen molar-refractivity contribution in [2.75, 3.05) is 37.6 Å². The molecular formula is C23H22FN3O2S. The van der Waals surface area contributed by atoms with Gasteiger partial charge in [-0.15, -0.1) is 11.3 Å². The molecule has 30 heavy (non-hydrogen) atoms. The summed E-state index contributed by atoms with van der Waals surface area (Å²) in [6.45, 7) is 4.54. The van der Waals surface area contributed by atoms with Gasteiger partial charge >= 0.3 is 0 Å². The first-order valence-corrected chi connectivity index (χ1v) is 10.9. The van der Waals surface area contributed by atoms with Crippen LogP contribution in [-0.4, -0.2) is 47.7 Å². The van der Waals surface area contributed by atoms with Gasteiger partial charge < -0.3 is 15.0 Å². The molecule has 0 bridgehead atoms. The molecule has 0 amide bonds. The number of benzene rings is 2. The first kappa shape index (κ1) is 19.1. The number of piperazine rings is 1. The summed E-state index contributed by atoms with van der Waals surface area (Å²) >= 11 is 1.58. The number of hydrogen-bond acceptors (Lipinski definition) is 5. The number of aromatic hydroxyl groups is 1. The molecule has 1 saturated heterocycles. The smallest absolute Gasteiger partial charge is 0.290 e. The van der Waals surface area contributed by atoms with Gasteiger partial charge in [0.1, 0.15) is 5.82 Å². The SMILES string of the molecule is O=c1[nH]c2cc(CCN3CCN(c4cc(F)cc5sccc45)CC3)ccc2cc1O. The quantitative estimate of drug-likeness (QED) is 0.522. The van der Waals surface area contributed by atoms with E-state index in [0.717, 1.165) is 71.4 Å². The van der Waals surface area contributed by atoms with Gasteiger partial charge in [0.2, 0.25) is 0 Å². The van der Waals surface area contributed by atoms with E-state index in [2.05, 4.69) is 20.9 Å². The molecule has 2 aromatic heterocycles. The van der Waals surface area contributed by atoms with Gasteiger partial charge in [0, 0.05) is 59.4 Å². The van der Waals surface area contributed by atoms with Crippen LogP contribution in [0.2, 0.25) is 0 Å². The van der Waals surface area contributed by atoms with E-state index in [-0.39, 0.29) is 11.6 Å². The van der Waals surface area contributed by atoms with Crippen LogP contribution in [-0.2, 0) is 6.42 Å². The van der Waals surface area contributed by atoms with Crippen LogP contribution >= 0.6 is 11.3 Å². The van der Waals surface area contributed by atoms with Crippen LogP contribution in [0.5, 0.6) is 5.75 Å². The van der Waals surface area contributed by atoms with Crippen molar-refractivity contribution in [3.63, 3.8) is 0 Å². The summed E-state index contributed by atoms with van der Waals surface area (Å²) in [5.74, 6) is -0.434. The van der Waals surface area contributed by atoms with Gasteiger partial charge in [0.05, 0.1) is 0 Å². The molecule has 0 spiro atoms. The summed E-state index contributed by atoms with van der Waals surface area (Å²) < 4.78 is 15.0. The summed E-state index contributed by atoms with van der Waals surface area (Å²) in [6, 6.07) is 12.8. The lowest BCUT2D eigenvalue weighted by molar-refractivity contribution is 0.261. The van der Waals surface area contributed by atoms with Gasteiger partial charge in [-0.2, -0.15) is 0 Å². The van der Waals surface area contributed by atoms with Gasteiger partial charge in [-0.05, 0) is 47.7 Å². The molecule has 1 aliphatic rings. The Morgan fingerprint density at radius 1 is 1.07 bits per heavy atom. The minimum Gasteiger partial charge on any atom is -0.503 e. The zero-order valence-corrected chi connectivity index (χ0v) is 17.2. The highest BCUT2D eigenvalue weighted by Crippen LogP contribution is 2.32. The molecule has 5 nitrogen and oxygen atoms in total. The van der Waals surface area contributed by atoms with Crippen molar-refractivity contribution in [1.82, 2.24) is 9.88 Å². The van der Waals surface area contributed by atoms with Crippen LogP contribution in [0.3, 0.4) is 0 Å². The molecule has 5 rings (SSSR count). The number of pyridine rings is 1. The average Bonchev–Trinajstić information content (AvgIpc) is 3.21. The van der Waals surface area contributed by atoms with Gasteiger partial charge in [0.15, 0.2) is 5.75 Å². The molecule has 3 heterocycles. The van der Waals surface area contributed by atoms with Gasteiger partial charge in [-0.3, -0.25) is 9.69 Å². The Balaban J connectivity index is 1.23. The molecule has 154 valence electrons. The largest absolute Gasteiger partial charge is 0.503 e. The van der Waals surface area contributed by atoms with Crippen molar-refractivity contribution >= 4 is 38.0 Å². The lowest BCUT2D eigenvalue weighted by Crippen LogP contribution is -2.47. The third kappa shape index (κ3) is 3.66. The van der Waals surface area contributed by atoms with Crippen LogP contribution in [0.1, 0.15) is 5.56 Å². The number of H-pyrrole nitrogens is 1. The summed E-state index contributed by atoms with van der Waals surface area (Å²) in [5, 5.41) is 13.5. The fourth-order valence-electron chi connectivity index (χ4n) is 4.17. The number of nitrogens with zero attached hydrogens (tertiary/aromatic N) is 2. The summed E-state index contributed by atoms with van der Waals surface area (Å²) in [4.78, 5) is 19.1. The average molecular weight is 424 g/mol. The Morgan fingerprint density at radius 3 is 2.73 bits per heavy atom. The van der Waals surface area contributed by atoms with Crippen molar-refractivity contribution in [2.45, 2.75) is 6.42 Å². The lowest BCUT2D eigenvalue weighted by atomic mass is 10.1. The van der Waals surface area contributed by atoms with Crippen LogP contribution in [0.4, 0.5) is 10.1 Å². The van der Waals surface area contributed by atoms with Crippen LogP contribution in [0.25, 0.3) is 21.0 Å². The van der Waals surface area contributed by atoms with Gasteiger partial charge in [0.25, 0.3) is 5.56 Å². The maximum atomic E-state index is 14.0. The Morgan fingerprint density at radius 2 is 1.90 bits per heavy atom. The van der Waals surface area contributed by atoms with Crippen LogP contribution < -0.4 is 10.5 Å². The maximum Gasteiger partial charge on any atom is 0.290 e. The Bertz CT molecular complexity index is 1270. The molecular weight excluding hydrogens is 401 g/mol. The molecule has 0 radical (unpaired) electrons. The van der Waals surface area contributed by atoms with E-state index in [9.17, 15) is 14.3 Å². The highest BCUT2D eigenvalue weighted by atomic mass is 32.1. The minimum atomic E-state index is -0.465. The number of rotatable bonds is 4. The number of fused-ring (bicyclic) bond motifs is 2. The fraction of sp³-hybridized carbons (Fsp3) is 0.261. The maximum absolute atomic E-state index is 14.0. The normalized spacial score (nSPS) is 15.3. The number of aromatic amines is 1. The molecule has 2 aromatic carbocycles. The number of thiophene rings is 1. The zero-order valence-electron chi connectivity index (χ0n) is 16.4. The topological polar surface area (TPSA) is 59.6 Å². The molecule has 1 fully saturated rings. The lowest BCUT2D eigenvalue weighted by Gasteiger charge is -2.36. The van der Waals surface area contributed by atoms with Crippen LogP contribution in [0.15, 0.2) is 52.6 Å². The van der Waals surface area contributed by atoms with E-state index in [1.54, 1.807) is 23.5 Å².